The van der Waals surface area contributed by atoms with Gasteiger partial charge in [-0.2, -0.15) is 0 Å². The van der Waals surface area contributed by atoms with E-state index >= 15 is 0 Å². The molecule has 5 nitrogen and oxygen atoms in total. The first kappa shape index (κ1) is 23.5. The van der Waals surface area contributed by atoms with E-state index in [0.717, 1.165) is 53.5 Å². The molecule has 0 aromatic heterocycles. The summed E-state index contributed by atoms with van der Waals surface area (Å²) in [6.07, 6.45) is 2.33. The monoisotopic (exact) mass is 556 g/mol. The van der Waals surface area contributed by atoms with Crippen LogP contribution in [0, 0.1) is 0 Å². The third-order valence-electron chi connectivity index (χ3n) is 4.19. The smallest absolute Gasteiger partial charge is 0.222 e. The zero-order valence-corrected chi connectivity index (χ0v) is 19.9. The van der Waals surface area contributed by atoms with Crippen LogP contribution >= 0.6 is 51.5 Å². The summed E-state index contributed by atoms with van der Waals surface area (Å²) < 4.78 is 1.05. The lowest BCUT2D eigenvalue weighted by Crippen LogP contribution is -2.45. The lowest BCUT2D eigenvalue weighted by atomic mass is 10.1. The zero-order chi connectivity index (χ0) is 18.2. The van der Waals surface area contributed by atoms with Crippen molar-refractivity contribution in [3.05, 3.63) is 33.3 Å². The van der Waals surface area contributed by atoms with Crippen LogP contribution in [0.2, 0.25) is 5.02 Å². The van der Waals surface area contributed by atoms with Crippen LogP contribution in [0.5, 0.6) is 0 Å². The van der Waals surface area contributed by atoms with Gasteiger partial charge in [0.2, 0.25) is 5.91 Å². The van der Waals surface area contributed by atoms with Gasteiger partial charge in [-0.05, 0) is 43.5 Å². The molecule has 8 heteroatoms. The molecule has 0 radical (unpaired) electrons. The van der Waals surface area contributed by atoms with Crippen molar-refractivity contribution in [1.29, 1.82) is 0 Å². The summed E-state index contributed by atoms with van der Waals surface area (Å²) in [7, 11) is 0. The Hall–Kier alpha value is -0.540. The van der Waals surface area contributed by atoms with E-state index in [0.29, 0.717) is 13.0 Å². The van der Waals surface area contributed by atoms with Gasteiger partial charge in [-0.3, -0.25) is 9.79 Å². The first-order chi connectivity index (χ1) is 12.0. The minimum Gasteiger partial charge on any atom is -0.357 e. The van der Waals surface area contributed by atoms with Crippen LogP contribution < -0.4 is 10.6 Å². The average molecular weight is 558 g/mol. The van der Waals surface area contributed by atoms with E-state index in [1.165, 1.54) is 0 Å². The Morgan fingerprint density at radius 2 is 2.19 bits per heavy atom. The normalized spacial score (nSPS) is 17.0. The molecule has 1 fully saturated rings. The highest BCUT2D eigenvalue weighted by atomic mass is 127. The van der Waals surface area contributed by atoms with E-state index < -0.39 is 0 Å². The molecule has 1 atom stereocenters. The number of guanidine groups is 1. The minimum absolute atomic E-state index is 0. The maximum absolute atomic E-state index is 11.8. The molecule has 1 aromatic carbocycles. The first-order valence-electron chi connectivity index (χ1n) is 8.80. The number of carbonyl (C=O) groups excluding carboxylic acids is 1. The molecular weight excluding hydrogens is 530 g/mol. The lowest BCUT2D eigenvalue weighted by molar-refractivity contribution is -0.129. The van der Waals surface area contributed by atoms with Crippen molar-refractivity contribution in [2.24, 2.45) is 4.99 Å². The molecule has 26 heavy (non-hydrogen) atoms. The highest BCUT2D eigenvalue weighted by Crippen LogP contribution is 2.21. The number of carbonyl (C=O) groups is 1. The molecule has 1 unspecified atom stereocenters. The number of hydrogen-bond acceptors (Lipinski definition) is 2. The van der Waals surface area contributed by atoms with Gasteiger partial charge in [-0.15, -0.1) is 24.0 Å². The van der Waals surface area contributed by atoms with E-state index in [2.05, 4.69) is 31.6 Å². The van der Waals surface area contributed by atoms with Crippen molar-refractivity contribution in [2.75, 3.05) is 26.2 Å². The molecule has 1 heterocycles. The molecule has 2 N–H and O–H groups in total. The van der Waals surface area contributed by atoms with Crippen molar-refractivity contribution < 1.29 is 4.79 Å². The topological polar surface area (TPSA) is 56.7 Å². The van der Waals surface area contributed by atoms with Crippen molar-refractivity contribution in [3.63, 3.8) is 0 Å². The van der Waals surface area contributed by atoms with Crippen LogP contribution in [0.25, 0.3) is 0 Å². The van der Waals surface area contributed by atoms with E-state index in [-0.39, 0.29) is 35.9 Å². The van der Waals surface area contributed by atoms with E-state index in [9.17, 15) is 4.79 Å². The number of benzene rings is 1. The molecule has 1 aliphatic rings. The fourth-order valence-corrected chi connectivity index (χ4v) is 3.50. The minimum atomic E-state index is 0. The second kappa shape index (κ2) is 12.0. The molecule has 0 saturated carbocycles. The summed E-state index contributed by atoms with van der Waals surface area (Å²) in [5.41, 5.74) is 1.15. The number of aliphatic imine (C=N–C) groups is 1. The molecule has 1 amide bonds. The molecule has 0 aliphatic carbocycles. The highest BCUT2D eigenvalue weighted by molar-refractivity contribution is 14.0. The van der Waals surface area contributed by atoms with Crippen LogP contribution in [-0.2, 0) is 11.2 Å². The van der Waals surface area contributed by atoms with E-state index in [1.54, 1.807) is 0 Å². The molecular formula is C18H27BrClIN4O. The second-order valence-electron chi connectivity index (χ2n) is 6.07. The van der Waals surface area contributed by atoms with Crippen LogP contribution in [0.1, 0.15) is 32.3 Å². The van der Waals surface area contributed by atoms with E-state index in [1.807, 2.05) is 36.9 Å². The Morgan fingerprint density at radius 3 is 2.88 bits per heavy atom. The Morgan fingerprint density at radius 1 is 1.42 bits per heavy atom. The predicted molar refractivity (Wildman–Crippen MR) is 123 cm³/mol. The number of rotatable bonds is 6. The summed E-state index contributed by atoms with van der Waals surface area (Å²) in [6.45, 7) is 6.99. The largest absolute Gasteiger partial charge is 0.357 e. The Balaban J connectivity index is 0.00000338. The van der Waals surface area contributed by atoms with Gasteiger partial charge in [0.1, 0.15) is 0 Å². The number of nitrogens with zero attached hydrogens (tertiary/aromatic N) is 2. The van der Waals surface area contributed by atoms with Gasteiger partial charge >= 0.3 is 0 Å². The fourth-order valence-electron chi connectivity index (χ4n) is 2.86. The van der Waals surface area contributed by atoms with E-state index in [4.69, 9.17) is 11.6 Å². The molecule has 146 valence electrons. The Bertz CT molecular complexity index is 629. The van der Waals surface area contributed by atoms with Gasteiger partial charge in [0.15, 0.2) is 5.96 Å². The molecule has 0 bridgehead atoms. The quantitative estimate of drug-likeness (QED) is 0.318. The van der Waals surface area contributed by atoms with Crippen LogP contribution in [0.3, 0.4) is 0 Å². The number of hydrogen-bond donors (Lipinski definition) is 2. The zero-order valence-electron chi connectivity index (χ0n) is 15.2. The summed E-state index contributed by atoms with van der Waals surface area (Å²) in [5, 5.41) is 7.46. The standard InChI is InChI=1S/C18H26BrClN4O.HI/c1-3-17(25)24-10-8-15(12-24)23-18(21-4-2)22-9-7-13-11-14(20)5-6-16(13)19;/h5-6,11,15H,3-4,7-10,12H2,1-2H3,(H2,21,22,23);1H. The fraction of sp³-hybridized carbons (Fsp3) is 0.556. The lowest BCUT2D eigenvalue weighted by Gasteiger charge is -2.18. The Labute approximate surface area is 186 Å². The number of halogens is 3. The summed E-state index contributed by atoms with van der Waals surface area (Å²) in [6, 6.07) is 6.05. The SMILES string of the molecule is CCNC(=NCCc1cc(Cl)ccc1Br)NC1CCN(C(=O)CC)C1.I. The van der Waals surface area contributed by atoms with Gasteiger partial charge in [-0.25, -0.2) is 0 Å². The van der Waals surface area contributed by atoms with Crippen molar-refractivity contribution in [3.8, 4) is 0 Å². The molecule has 0 spiro atoms. The summed E-state index contributed by atoms with van der Waals surface area (Å²) in [4.78, 5) is 18.4. The third-order valence-corrected chi connectivity index (χ3v) is 5.20. The summed E-state index contributed by atoms with van der Waals surface area (Å²) in [5.74, 6) is 1.02. The predicted octanol–water partition coefficient (Wildman–Crippen LogP) is 3.83. The number of amides is 1. The summed E-state index contributed by atoms with van der Waals surface area (Å²) >= 11 is 9.61. The molecule has 1 saturated heterocycles. The molecule has 1 aliphatic heterocycles. The van der Waals surface area contributed by atoms with Gasteiger partial charge in [0.25, 0.3) is 0 Å². The van der Waals surface area contributed by atoms with Crippen molar-refractivity contribution in [1.82, 2.24) is 15.5 Å². The van der Waals surface area contributed by atoms with Crippen LogP contribution in [-0.4, -0.2) is 49.0 Å². The van der Waals surface area contributed by atoms with Crippen LogP contribution in [0.15, 0.2) is 27.7 Å². The highest BCUT2D eigenvalue weighted by Gasteiger charge is 2.25. The molecule has 2 rings (SSSR count). The third kappa shape index (κ3) is 7.23. The second-order valence-corrected chi connectivity index (χ2v) is 7.36. The number of likely N-dealkylation sites (tertiary alicyclic amines) is 1. The maximum Gasteiger partial charge on any atom is 0.222 e. The van der Waals surface area contributed by atoms with Crippen LogP contribution in [0.4, 0.5) is 0 Å². The van der Waals surface area contributed by atoms with Gasteiger partial charge in [-0.1, -0.05) is 34.5 Å². The first-order valence-corrected chi connectivity index (χ1v) is 9.97. The van der Waals surface area contributed by atoms with Gasteiger partial charge in [0, 0.05) is 48.1 Å². The van der Waals surface area contributed by atoms with Gasteiger partial charge < -0.3 is 15.5 Å². The van der Waals surface area contributed by atoms with Gasteiger partial charge in [0.05, 0.1) is 0 Å². The van der Waals surface area contributed by atoms with Crippen molar-refractivity contribution >= 4 is 63.4 Å². The average Bonchev–Trinajstić information content (AvgIpc) is 3.06. The van der Waals surface area contributed by atoms with Crippen molar-refractivity contribution in [2.45, 2.75) is 39.2 Å². The number of nitrogens with one attached hydrogen (secondary N) is 2. The maximum atomic E-state index is 11.8. The Kier molecular flexibility index (Phi) is 10.9. The molecule has 1 aromatic rings.